The Hall–Kier alpha value is -3.82. The molecular weight excluding hydrogens is 538 g/mol. The van der Waals surface area contributed by atoms with E-state index >= 15 is 0 Å². The van der Waals surface area contributed by atoms with Crippen LogP contribution in [0.2, 0.25) is 0 Å². The average Bonchev–Trinajstić information content (AvgIpc) is 3.37. The van der Waals surface area contributed by atoms with Crippen molar-refractivity contribution in [2.45, 2.75) is 63.3 Å². The summed E-state index contributed by atoms with van der Waals surface area (Å²) in [6.45, 7) is 5.84. The molecule has 0 radical (unpaired) electrons. The van der Waals surface area contributed by atoms with Crippen molar-refractivity contribution in [2.75, 3.05) is 5.88 Å². The van der Waals surface area contributed by atoms with Crippen molar-refractivity contribution in [3.05, 3.63) is 102 Å². The molecule has 2 unspecified atom stereocenters. The zero-order chi connectivity index (χ0) is 29.4. The third-order valence-electron chi connectivity index (χ3n) is 7.21. The lowest BCUT2D eigenvalue weighted by atomic mass is 9.99. The summed E-state index contributed by atoms with van der Waals surface area (Å²) in [5.74, 6) is -0.540. The third-order valence-corrected chi connectivity index (χ3v) is 8.42. The molecule has 1 aliphatic heterocycles. The minimum Gasteiger partial charge on any atom is -0.481 e. The Bertz CT molecular complexity index is 1320. The Morgan fingerprint density at radius 1 is 1.00 bits per heavy atom. The van der Waals surface area contributed by atoms with E-state index in [1.165, 1.54) is 16.7 Å². The molecule has 9 heteroatoms. The summed E-state index contributed by atoms with van der Waals surface area (Å²) in [5.41, 5.74) is 2.91. The van der Waals surface area contributed by atoms with Gasteiger partial charge in [-0.25, -0.2) is 0 Å². The summed E-state index contributed by atoms with van der Waals surface area (Å²) in [6, 6.07) is 24.4. The van der Waals surface area contributed by atoms with Crippen molar-refractivity contribution in [3.8, 4) is 5.75 Å². The second-order valence-corrected chi connectivity index (χ2v) is 11.6. The van der Waals surface area contributed by atoms with Gasteiger partial charge in [0.25, 0.3) is 11.8 Å². The summed E-state index contributed by atoms with van der Waals surface area (Å²) < 4.78 is 5.76. The number of benzene rings is 3. The Balaban J connectivity index is 1.47. The Kier molecular flexibility index (Phi) is 10.4. The summed E-state index contributed by atoms with van der Waals surface area (Å²) >= 11 is 1.47. The number of nitrogens with one attached hydrogen (secondary N) is 2. The zero-order valence-electron chi connectivity index (χ0n) is 23.5. The Labute approximate surface area is 245 Å². The van der Waals surface area contributed by atoms with Crippen LogP contribution in [0.4, 0.5) is 0 Å². The van der Waals surface area contributed by atoms with E-state index in [0.29, 0.717) is 12.3 Å². The molecule has 1 fully saturated rings. The van der Waals surface area contributed by atoms with E-state index in [0.717, 1.165) is 16.7 Å². The number of carbonyl (C=O) groups excluding carboxylic acids is 3. The first-order valence-corrected chi connectivity index (χ1v) is 14.8. The lowest BCUT2D eigenvalue weighted by molar-refractivity contribution is -0.147. The highest BCUT2D eigenvalue weighted by atomic mass is 32.2. The van der Waals surface area contributed by atoms with Crippen LogP contribution in [0.1, 0.15) is 30.5 Å². The molecule has 3 amide bonds. The molecule has 3 aromatic rings. The highest BCUT2D eigenvalue weighted by Gasteiger charge is 2.43. The fourth-order valence-corrected chi connectivity index (χ4v) is 5.92. The molecule has 1 aliphatic rings. The summed E-state index contributed by atoms with van der Waals surface area (Å²) in [4.78, 5) is 41.5. The number of nitrogens with zero attached hydrogens (tertiary/aromatic N) is 1. The highest BCUT2D eigenvalue weighted by Crippen LogP contribution is 2.30. The van der Waals surface area contributed by atoms with Crippen LogP contribution < -0.4 is 15.4 Å². The SMILES string of the molecule is Cc1ccccc1CNC(=O)[C@@H]1C(C)SCN1C(=O)[C@@H](O)[C@H](Cc1ccccc1)NC(=O)C(C)Oc1ccccc1. The number of rotatable bonds is 11. The number of aliphatic hydroxyl groups is 1. The molecule has 0 aliphatic carbocycles. The zero-order valence-corrected chi connectivity index (χ0v) is 24.3. The predicted octanol–water partition coefficient (Wildman–Crippen LogP) is 3.46. The topological polar surface area (TPSA) is 108 Å². The molecule has 0 spiro atoms. The van der Waals surface area contributed by atoms with Gasteiger partial charge in [0.15, 0.2) is 12.2 Å². The minimum absolute atomic E-state index is 0.163. The van der Waals surface area contributed by atoms with Gasteiger partial charge in [-0.2, -0.15) is 0 Å². The second kappa shape index (κ2) is 14.2. The number of aliphatic hydroxyl groups excluding tert-OH is 1. The number of thioether (sulfide) groups is 1. The monoisotopic (exact) mass is 575 g/mol. The molecule has 3 aromatic carbocycles. The van der Waals surface area contributed by atoms with Gasteiger partial charge in [0.1, 0.15) is 11.8 Å². The van der Waals surface area contributed by atoms with E-state index < -0.39 is 36.1 Å². The molecule has 0 saturated carbocycles. The van der Waals surface area contributed by atoms with Crippen LogP contribution in [0.15, 0.2) is 84.9 Å². The number of aryl methyl sites for hydroxylation is 1. The molecule has 0 bridgehead atoms. The molecule has 1 heterocycles. The molecule has 41 heavy (non-hydrogen) atoms. The van der Waals surface area contributed by atoms with Crippen LogP contribution in [0.5, 0.6) is 5.75 Å². The average molecular weight is 576 g/mol. The number of carbonyl (C=O) groups is 3. The number of hydrogen-bond donors (Lipinski definition) is 3. The van der Waals surface area contributed by atoms with Crippen molar-refractivity contribution in [1.29, 1.82) is 0 Å². The summed E-state index contributed by atoms with van der Waals surface area (Å²) in [7, 11) is 0. The van der Waals surface area contributed by atoms with Crippen molar-refractivity contribution < 1.29 is 24.2 Å². The number of hydrogen-bond acceptors (Lipinski definition) is 6. The van der Waals surface area contributed by atoms with Crippen molar-refractivity contribution in [3.63, 3.8) is 0 Å². The first-order valence-electron chi connectivity index (χ1n) is 13.7. The van der Waals surface area contributed by atoms with Crippen LogP contribution in [0.3, 0.4) is 0 Å². The van der Waals surface area contributed by atoms with Gasteiger partial charge in [0.2, 0.25) is 5.91 Å². The largest absolute Gasteiger partial charge is 0.481 e. The molecule has 0 aromatic heterocycles. The third kappa shape index (κ3) is 7.89. The van der Waals surface area contributed by atoms with Crippen LogP contribution in [0, 0.1) is 6.92 Å². The lowest BCUT2D eigenvalue weighted by Gasteiger charge is -2.31. The summed E-state index contributed by atoms with van der Waals surface area (Å²) in [5, 5.41) is 17.0. The van der Waals surface area contributed by atoms with Crippen LogP contribution in [-0.2, 0) is 27.3 Å². The van der Waals surface area contributed by atoms with E-state index in [4.69, 9.17) is 4.74 Å². The van der Waals surface area contributed by atoms with Gasteiger partial charge in [-0.05, 0) is 49.1 Å². The molecule has 8 nitrogen and oxygen atoms in total. The van der Waals surface area contributed by atoms with Crippen molar-refractivity contribution in [2.24, 2.45) is 0 Å². The first-order chi connectivity index (χ1) is 19.7. The van der Waals surface area contributed by atoms with Crippen molar-refractivity contribution >= 4 is 29.5 Å². The molecule has 1 saturated heterocycles. The fraction of sp³-hybridized carbons (Fsp3) is 0.344. The normalized spacial score (nSPS) is 18.7. The molecular formula is C32H37N3O5S. The Morgan fingerprint density at radius 3 is 2.32 bits per heavy atom. The maximum atomic E-state index is 13.7. The Morgan fingerprint density at radius 2 is 1.63 bits per heavy atom. The molecule has 3 N–H and O–H groups in total. The van der Waals surface area contributed by atoms with Crippen molar-refractivity contribution in [1.82, 2.24) is 15.5 Å². The van der Waals surface area contributed by atoms with E-state index in [2.05, 4.69) is 10.6 Å². The van der Waals surface area contributed by atoms with Crippen LogP contribution in [0.25, 0.3) is 0 Å². The van der Waals surface area contributed by atoms with E-state index in [1.807, 2.05) is 86.6 Å². The summed E-state index contributed by atoms with van der Waals surface area (Å²) in [6.07, 6.45) is -2.21. The second-order valence-electron chi connectivity index (χ2n) is 10.2. The molecule has 4 rings (SSSR count). The quantitative estimate of drug-likeness (QED) is 0.323. The standard InChI is InChI=1S/C32H37N3O5S/c1-21-12-10-11-15-25(21)19-33-31(38)28-23(3)41-20-35(28)32(39)29(36)27(18-24-13-6-4-7-14-24)34-30(37)22(2)40-26-16-8-5-9-17-26/h4-17,22-23,27-29,36H,18-20H2,1-3H3,(H,33,38)(H,34,37)/t22?,23?,27-,28-,29-/m0/s1. The first kappa shape index (κ1) is 30.1. The van der Waals surface area contributed by atoms with Gasteiger partial charge in [-0.15, -0.1) is 11.8 Å². The highest BCUT2D eigenvalue weighted by molar-refractivity contribution is 8.00. The van der Waals surface area contributed by atoms with E-state index in [1.54, 1.807) is 19.1 Å². The smallest absolute Gasteiger partial charge is 0.261 e. The molecule has 5 atom stereocenters. The maximum Gasteiger partial charge on any atom is 0.261 e. The fourth-order valence-electron chi connectivity index (χ4n) is 4.78. The lowest BCUT2D eigenvalue weighted by Crippen LogP contribution is -2.58. The predicted molar refractivity (Wildman–Crippen MR) is 160 cm³/mol. The van der Waals surface area contributed by atoms with Gasteiger partial charge in [-0.3, -0.25) is 14.4 Å². The van der Waals surface area contributed by atoms with Gasteiger partial charge in [-0.1, -0.05) is 79.7 Å². The van der Waals surface area contributed by atoms with E-state index in [-0.39, 0.29) is 23.5 Å². The number of para-hydroxylation sites is 1. The van der Waals surface area contributed by atoms with Crippen LogP contribution in [-0.4, -0.2) is 63.1 Å². The van der Waals surface area contributed by atoms with Crippen LogP contribution >= 0.6 is 11.8 Å². The minimum atomic E-state index is -1.57. The van der Waals surface area contributed by atoms with Gasteiger partial charge in [0.05, 0.1) is 11.9 Å². The number of amides is 3. The van der Waals surface area contributed by atoms with Gasteiger partial charge < -0.3 is 25.4 Å². The van der Waals surface area contributed by atoms with Gasteiger partial charge in [0, 0.05) is 11.8 Å². The maximum absolute atomic E-state index is 13.7. The molecule has 216 valence electrons. The van der Waals surface area contributed by atoms with Gasteiger partial charge >= 0.3 is 0 Å². The number of ether oxygens (including phenoxy) is 1. The van der Waals surface area contributed by atoms with E-state index in [9.17, 15) is 19.5 Å².